The lowest BCUT2D eigenvalue weighted by molar-refractivity contribution is -0.133. The third kappa shape index (κ3) is 5.53. The molecule has 6 aliphatic rings. The molecular weight excluding hydrogens is 708 g/mol. The van der Waals surface area contributed by atoms with Crippen molar-refractivity contribution in [1.29, 1.82) is 5.26 Å². The van der Waals surface area contributed by atoms with E-state index in [4.69, 9.17) is 32.9 Å². The molecule has 1 N–H and O–H groups in total. The van der Waals surface area contributed by atoms with Crippen LogP contribution in [0.15, 0.2) is 54.6 Å². The Bertz CT molecular complexity index is 2360. The molecule has 2 bridgehead atoms. The highest BCUT2D eigenvalue weighted by molar-refractivity contribution is 6.43. The number of aromatic nitrogens is 2. The molecule has 5 atom stereocenters. The van der Waals surface area contributed by atoms with Crippen LogP contribution in [-0.2, 0) is 11.2 Å². The average Bonchev–Trinajstić information content (AvgIpc) is 4.01. The number of benzene rings is 3. The van der Waals surface area contributed by atoms with Gasteiger partial charge in [-0.3, -0.25) is 4.79 Å². The van der Waals surface area contributed by atoms with Crippen LogP contribution in [-0.4, -0.2) is 45.6 Å². The Morgan fingerprint density at radius 3 is 2.64 bits per heavy atom. The second-order valence-electron chi connectivity index (χ2n) is 15.9. The molecule has 3 saturated carbocycles. The largest absolute Gasteiger partial charge is 0.488 e. The molecule has 11 rings (SSSR count). The van der Waals surface area contributed by atoms with Crippen molar-refractivity contribution in [2.45, 2.75) is 88.4 Å². The molecule has 0 spiro atoms. The van der Waals surface area contributed by atoms with Crippen LogP contribution < -0.4 is 10.1 Å². The van der Waals surface area contributed by atoms with Crippen molar-refractivity contribution in [2.24, 2.45) is 11.8 Å². The normalized spacial score (nSPS) is 24.9. The van der Waals surface area contributed by atoms with Crippen molar-refractivity contribution in [3.63, 3.8) is 0 Å². The molecule has 270 valence electrons. The number of nitrogens with zero attached hydrogens (tertiary/aromatic N) is 4. The number of carbonyl (C=O) groups excluding carboxylic acids is 1. The van der Waals surface area contributed by atoms with Gasteiger partial charge in [0.05, 0.1) is 40.3 Å². The van der Waals surface area contributed by atoms with Gasteiger partial charge in [0.25, 0.3) is 0 Å². The predicted octanol–water partition coefficient (Wildman–Crippen LogP) is 9.61. The van der Waals surface area contributed by atoms with Gasteiger partial charge >= 0.3 is 0 Å². The van der Waals surface area contributed by atoms with Crippen molar-refractivity contribution in [1.82, 2.24) is 19.8 Å². The molecule has 2 aromatic heterocycles. The number of carbonyl (C=O) groups is 1. The Morgan fingerprint density at radius 2 is 1.91 bits per heavy atom. The summed E-state index contributed by atoms with van der Waals surface area (Å²) < 4.78 is 26.4. The number of halogens is 3. The quantitative estimate of drug-likeness (QED) is 0.162. The van der Waals surface area contributed by atoms with Crippen molar-refractivity contribution in [2.75, 3.05) is 13.1 Å². The minimum atomic E-state index is -0.470. The van der Waals surface area contributed by atoms with Gasteiger partial charge in [-0.15, -0.1) is 0 Å². The van der Waals surface area contributed by atoms with E-state index in [1.54, 1.807) is 18.2 Å². The smallest absolute Gasteiger partial charge is 0.226 e. The fraction of sp³-hybridized carbons (Fsp3) is 0.419. The molecule has 7 nitrogen and oxygen atoms in total. The number of hydrogen-bond acceptors (Lipinski definition) is 5. The molecule has 3 aliphatic carbocycles. The first-order valence-electron chi connectivity index (χ1n) is 19.1. The number of aryl methyl sites for hydroxylation is 2. The summed E-state index contributed by atoms with van der Waals surface area (Å²) in [4.78, 5) is 21.1. The summed E-state index contributed by atoms with van der Waals surface area (Å²) in [6.07, 6.45) is 6.46. The van der Waals surface area contributed by atoms with E-state index >= 15 is 4.39 Å². The number of likely N-dealkylation sites (tertiary alicyclic amines) is 1. The van der Waals surface area contributed by atoms with Crippen molar-refractivity contribution < 1.29 is 13.9 Å². The van der Waals surface area contributed by atoms with Crippen LogP contribution >= 0.6 is 23.2 Å². The molecule has 5 aromatic rings. The lowest BCUT2D eigenvalue weighted by Gasteiger charge is -2.39. The fourth-order valence-corrected chi connectivity index (χ4v) is 9.92. The van der Waals surface area contributed by atoms with E-state index in [1.807, 2.05) is 19.1 Å². The summed E-state index contributed by atoms with van der Waals surface area (Å²) in [6, 6.07) is 20.4. The summed E-state index contributed by atoms with van der Waals surface area (Å²) in [7, 11) is 0. The Kier molecular flexibility index (Phi) is 8.02. The number of hydrogen-bond donors (Lipinski definition) is 1. The standard InChI is InChI=1S/C43H40Cl2FN5O2/c1-22-31-19-36(35-18-29(21-50(35)43(52)24-12-13-24)53-28-7-2-5-25(15-28)23-10-11-23)51(41-27-17-34(41)48-20-27)42(31)32-16-26(6-4-14-47)37(39(46)40(32)49-22)30-8-3-9-33(44)38(30)45/h2-3,5,7-9,15-16,19,23-24,27,29,34-35,41,48H,4,6,10-13,17-18,20-21H2,1H3. The molecule has 3 aromatic carbocycles. The first-order valence-corrected chi connectivity index (χ1v) is 19.8. The number of fused-ring (bicyclic) bond motifs is 4. The van der Waals surface area contributed by atoms with Gasteiger partial charge in [-0.2, -0.15) is 5.26 Å². The van der Waals surface area contributed by atoms with Crippen LogP contribution in [0.2, 0.25) is 10.0 Å². The minimum Gasteiger partial charge on any atom is -0.488 e. The third-order valence-corrected chi connectivity index (χ3v) is 13.3. The number of nitriles is 1. The molecule has 5 heterocycles. The topological polar surface area (TPSA) is 83.2 Å². The lowest BCUT2D eigenvalue weighted by atomic mass is 9.79. The van der Waals surface area contributed by atoms with Crippen LogP contribution in [0.3, 0.4) is 0 Å². The Labute approximate surface area is 318 Å². The van der Waals surface area contributed by atoms with Crippen LogP contribution in [0.25, 0.3) is 32.9 Å². The monoisotopic (exact) mass is 747 g/mol. The number of ether oxygens (including phenoxy) is 1. The molecule has 5 unspecified atom stereocenters. The highest BCUT2D eigenvalue weighted by Crippen LogP contribution is 2.51. The molecule has 0 radical (unpaired) electrons. The SMILES string of the molecule is Cc1nc2c(F)c(-c3cccc(Cl)c3Cl)c(CCC#N)cc2c2c1cc(C1CC(Oc3cccc(C4CC4)c3)CN1C(=O)C1CC1)n2C1C2CNC1C2. The summed E-state index contributed by atoms with van der Waals surface area (Å²) in [6.45, 7) is 3.40. The van der Waals surface area contributed by atoms with Crippen molar-refractivity contribution in [3.8, 4) is 22.9 Å². The highest BCUT2D eigenvalue weighted by atomic mass is 35.5. The van der Waals surface area contributed by atoms with Gasteiger partial charge in [-0.25, -0.2) is 9.37 Å². The van der Waals surface area contributed by atoms with Gasteiger partial charge in [0.2, 0.25) is 5.91 Å². The number of amides is 1. The van der Waals surface area contributed by atoms with E-state index in [2.05, 4.69) is 45.1 Å². The molecule has 10 heteroatoms. The predicted molar refractivity (Wildman–Crippen MR) is 205 cm³/mol. The maximum Gasteiger partial charge on any atom is 0.226 e. The second kappa shape index (κ2) is 12.7. The van der Waals surface area contributed by atoms with Gasteiger partial charge in [-0.1, -0.05) is 47.5 Å². The van der Waals surface area contributed by atoms with E-state index < -0.39 is 5.82 Å². The van der Waals surface area contributed by atoms with Gasteiger partial charge in [0.1, 0.15) is 17.4 Å². The van der Waals surface area contributed by atoms with Crippen LogP contribution in [0.1, 0.15) is 85.5 Å². The highest BCUT2D eigenvalue weighted by Gasteiger charge is 2.51. The molecule has 6 fully saturated rings. The number of pyridine rings is 1. The molecule has 3 saturated heterocycles. The summed E-state index contributed by atoms with van der Waals surface area (Å²) in [5.74, 6) is 1.71. The minimum absolute atomic E-state index is 0.0616. The second-order valence-corrected chi connectivity index (χ2v) is 16.7. The number of rotatable bonds is 9. The molecule has 53 heavy (non-hydrogen) atoms. The average molecular weight is 749 g/mol. The fourth-order valence-electron chi connectivity index (χ4n) is 9.52. The summed E-state index contributed by atoms with van der Waals surface area (Å²) in [5.41, 5.74) is 5.82. The van der Waals surface area contributed by atoms with Crippen molar-refractivity contribution >= 4 is 50.9 Å². The van der Waals surface area contributed by atoms with Gasteiger partial charge in [0.15, 0.2) is 5.82 Å². The Morgan fingerprint density at radius 1 is 1.08 bits per heavy atom. The van der Waals surface area contributed by atoms with Crippen LogP contribution in [0, 0.1) is 35.9 Å². The lowest BCUT2D eigenvalue weighted by Crippen LogP contribution is -2.41. The first-order chi connectivity index (χ1) is 25.8. The zero-order valence-electron chi connectivity index (χ0n) is 29.5. The van der Waals surface area contributed by atoms with E-state index in [0.29, 0.717) is 58.3 Å². The van der Waals surface area contributed by atoms with Gasteiger partial charge in [-0.05, 0) is 98.7 Å². The van der Waals surface area contributed by atoms with E-state index in [-0.39, 0.29) is 53.0 Å². The Hall–Kier alpha value is -4.16. The maximum absolute atomic E-state index is 17.2. The molecule has 1 amide bonds. The summed E-state index contributed by atoms with van der Waals surface area (Å²) in [5, 5.41) is 15.6. The maximum atomic E-state index is 17.2. The number of nitrogens with one attached hydrogen (secondary N) is 1. The van der Waals surface area contributed by atoms with Crippen LogP contribution in [0.4, 0.5) is 4.39 Å². The summed E-state index contributed by atoms with van der Waals surface area (Å²) >= 11 is 13.1. The third-order valence-electron chi connectivity index (χ3n) is 12.5. The van der Waals surface area contributed by atoms with Crippen molar-refractivity contribution in [3.05, 3.63) is 93.0 Å². The van der Waals surface area contributed by atoms with Gasteiger partial charge in [0, 0.05) is 64.6 Å². The van der Waals surface area contributed by atoms with E-state index in [9.17, 15) is 10.1 Å². The Balaban J connectivity index is 1.16. The first kappa shape index (κ1) is 33.4. The van der Waals surface area contributed by atoms with E-state index in [1.165, 1.54) is 18.4 Å². The zero-order valence-corrected chi connectivity index (χ0v) is 31.1. The molecule has 3 aliphatic heterocycles. The van der Waals surface area contributed by atoms with Crippen LogP contribution in [0.5, 0.6) is 5.75 Å². The molecular formula is C43H40Cl2FN5O2. The zero-order chi connectivity index (χ0) is 36.1. The van der Waals surface area contributed by atoms with Gasteiger partial charge < -0.3 is 19.5 Å². The van der Waals surface area contributed by atoms with E-state index in [0.717, 1.165) is 53.8 Å².